The molecule has 66 valence electrons. The van der Waals surface area contributed by atoms with Crippen molar-refractivity contribution < 1.29 is 0 Å². The lowest BCUT2D eigenvalue weighted by molar-refractivity contribution is 0.830. The van der Waals surface area contributed by atoms with Gasteiger partial charge in [-0.05, 0) is 43.9 Å². The van der Waals surface area contributed by atoms with Crippen LogP contribution in [0.25, 0.3) is 0 Å². The van der Waals surface area contributed by atoms with Crippen LogP contribution in [-0.2, 0) is 0 Å². The summed E-state index contributed by atoms with van der Waals surface area (Å²) >= 11 is 0. The van der Waals surface area contributed by atoms with Gasteiger partial charge in [0.2, 0.25) is 0 Å². The van der Waals surface area contributed by atoms with Crippen LogP contribution in [0.1, 0.15) is 34.6 Å². The van der Waals surface area contributed by atoms with E-state index < -0.39 is 0 Å². The van der Waals surface area contributed by atoms with Gasteiger partial charge in [-0.15, -0.1) is 0 Å². The third-order valence-electron chi connectivity index (χ3n) is 3.69. The highest BCUT2D eigenvalue weighted by Gasteiger charge is 2.34. The average molecular weight is 178 g/mol. The van der Waals surface area contributed by atoms with Gasteiger partial charge in [-0.3, -0.25) is 0 Å². The SMILES string of the molecule is C[Si]C1(C)C(C)=C(C)C(C)=C1C. The van der Waals surface area contributed by atoms with E-state index in [0.717, 1.165) is 9.52 Å². The van der Waals surface area contributed by atoms with E-state index >= 15 is 0 Å². The number of hydrogen-bond donors (Lipinski definition) is 0. The molecular weight excluding hydrogens is 160 g/mol. The van der Waals surface area contributed by atoms with Crippen LogP contribution in [0.15, 0.2) is 22.3 Å². The minimum absolute atomic E-state index is 0.383. The van der Waals surface area contributed by atoms with Crippen LogP contribution in [0.2, 0.25) is 11.6 Å². The molecule has 2 radical (unpaired) electrons. The van der Waals surface area contributed by atoms with Crippen molar-refractivity contribution in [2.45, 2.75) is 46.2 Å². The molecule has 0 heterocycles. The Kier molecular flexibility index (Phi) is 2.35. The highest BCUT2D eigenvalue weighted by atomic mass is 28.2. The zero-order valence-electron chi connectivity index (χ0n) is 9.00. The first-order valence-electron chi connectivity index (χ1n) is 4.50. The molecule has 0 N–H and O–H groups in total. The Bertz CT molecular complexity index is 245. The van der Waals surface area contributed by atoms with Crippen LogP contribution in [0, 0.1) is 0 Å². The molecule has 0 fully saturated rings. The Morgan fingerprint density at radius 2 is 1.25 bits per heavy atom. The maximum Gasteiger partial charge on any atom is 0.0532 e. The predicted molar refractivity (Wildman–Crippen MR) is 56.7 cm³/mol. The van der Waals surface area contributed by atoms with Crippen LogP contribution < -0.4 is 0 Å². The van der Waals surface area contributed by atoms with E-state index in [1.807, 2.05) is 0 Å². The molecule has 0 aromatic carbocycles. The number of rotatable bonds is 1. The van der Waals surface area contributed by atoms with Crippen molar-refractivity contribution in [2.24, 2.45) is 0 Å². The van der Waals surface area contributed by atoms with Crippen molar-refractivity contribution in [1.82, 2.24) is 0 Å². The number of hydrogen-bond acceptors (Lipinski definition) is 0. The normalized spacial score (nSPS) is 22.5. The molecule has 0 saturated heterocycles. The van der Waals surface area contributed by atoms with Crippen molar-refractivity contribution >= 4 is 9.52 Å². The maximum atomic E-state index is 2.37. The molecule has 0 bridgehead atoms. The molecule has 12 heavy (non-hydrogen) atoms. The van der Waals surface area contributed by atoms with E-state index in [4.69, 9.17) is 0 Å². The Morgan fingerprint density at radius 3 is 1.42 bits per heavy atom. The van der Waals surface area contributed by atoms with Gasteiger partial charge in [0.05, 0.1) is 9.52 Å². The van der Waals surface area contributed by atoms with Gasteiger partial charge >= 0.3 is 0 Å². The zero-order chi connectivity index (χ0) is 9.52. The summed E-state index contributed by atoms with van der Waals surface area (Å²) in [5, 5.41) is 0.383. The van der Waals surface area contributed by atoms with Gasteiger partial charge in [0.25, 0.3) is 0 Å². The average Bonchev–Trinajstić information content (AvgIpc) is 2.22. The van der Waals surface area contributed by atoms with Gasteiger partial charge in [0, 0.05) is 0 Å². The van der Waals surface area contributed by atoms with E-state index in [0.29, 0.717) is 5.04 Å². The van der Waals surface area contributed by atoms with E-state index in [1.54, 1.807) is 11.1 Å². The molecule has 0 amide bonds. The summed E-state index contributed by atoms with van der Waals surface area (Å²) in [6, 6.07) is 0. The lowest BCUT2D eigenvalue weighted by atomic mass is 9.98. The molecule has 0 saturated carbocycles. The molecule has 1 aliphatic rings. The van der Waals surface area contributed by atoms with Gasteiger partial charge in [-0.1, -0.05) is 24.6 Å². The summed E-state index contributed by atoms with van der Waals surface area (Å²) in [5.74, 6) is 0. The van der Waals surface area contributed by atoms with Gasteiger partial charge in [0.1, 0.15) is 0 Å². The Labute approximate surface area is 78.6 Å². The van der Waals surface area contributed by atoms with Gasteiger partial charge < -0.3 is 0 Å². The second-order valence-corrected chi connectivity index (χ2v) is 5.38. The maximum absolute atomic E-state index is 2.37. The molecule has 0 aliphatic heterocycles. The van der Waals surface area contributed by atoms with Crippen LogP contribution in [-0.4, -0.2) is 9.52 Å². The second-order valence-electron chi connectivity index (χ2n) is 3.88. The van der Waals surface area contributed by atoms with Crippen molar-refractivity contribution in [3.8, 4) is 0 Å². The first-order valence-corrected chi connectivity index (χ1v) is 6.00. The second kappa shape index (κ2) is 2.88. The zero-order valence-corrected chi connectivity index (χ0v) is 10.0. The standard InChI is InChI=1S/C11H18Si/c1-7-8(2)10(4)11(5,12-6)9(7)3/h1-6H3. The lowest BCUT2D eigenvalue weighted by Gasteiger charge is -2.26. The fourth-order valence-electron chi connectivity index (χ4n) is 1.97. The summed E-state index contributed by atoms with van der Waals surface area (Å²) in [5.41, 5.74) is 6.20. The van der Waals surface area contributed by atoms with Crippen molar-refractivity contribution in [3.63, 3.8) is 0 Å². The highest BCUT2D eigenvalue weighted by molar-refractivity contribution is 6.41. The fourth-order valence-corrected chi connectivity index (χ4v) is 3.09. The molecule has 0 atom stereocenters. The summed E-state index contributed by atoms with van der Waals surface area (Å²) in [4.78, 5) is 0. The van der Waals surface area contributed by atoms with E-state index in [-0.39, 0.29) is 0 Å². The third-order valence-corrected chi connectivity index (χ3v) is 5.44. The topological polar surface area (TPSA) is 0 Å². The first-order chi connectivity index (χ1) is 5.45. The smallest absolute Gasteiger partial charge is 0.0532 e. The van der Waals surface area contributed by atoms with Crippen LogP contribution in [0.3, 0.4) is 0 Å². The summed E-state index contributed by atoms with van der Waals surface area (Å²) in [7, 11) is 0.981. The molecule has 0 unspecified atom stereocenters. The van der Waals surface area contributed by atoms with E-state index in [1.165, 1.54) is 11.1 Å². The lowest BCUT2D eigenvalue weighted by Crippen LogP contribution is -2.15. The molecule has 1 heteroatoms. The van der Waals surface area contributed by atoms with E-state index in [9.17, 15) is 0 Å². The first kappa shape index (κ1) is 9.78. The fraction of sp³-hybridized carbons (Fsp3) is 0.636. The van der Waals surface area contributed by atoms with Crippen molar-refractivity contribution in [3.05, 3.63) is 22.3 Å². The molecule has 1 rings (SSSR count). The third kappa shape index (κ3) is 1.03. The summed E-state index contributed by atoms with van der Waals surface area (Å²) in [6.45, 7) is 13.7. The molecule has 0 aromatic heterocycles. The van der Waals surface area contributed by atoms with Crippen molar-refractivity contribution in [1.29, 1.82) is 0 Å². The van der Waals surface area contributed by atoms with Gasteiger partial charge in [-0.2, -0.15) is 0 Å². The molecule has 0 nitrogen and oxygen atoms in total. The van der Waals surface area contributed by atoms with Gasteiger partial charge in [-0.25, -0.2) is 0 Å². The van der Waals surface area contributed by atoms with Gasteiger partial charge in [0.15, 0.2) is 0 Å². The monoisotopic (exact) mass is 178 g/mol. The van der Waals surface area contributed by atoms with Crippen LogP contribution in [0.4, 0.5) is 0 Å². The van der Waals surface area contributed by atoms with Crippen LogP contribution in [0.5, 0.6) is 0 Å². The molecule has 0 aromatic rings. The Balaban J connectivity index is 3.25. The molecular formula is C11H18Si. The quantitative estimate of drug-likeness (QED) is 0.538. The minimum Gasteiger partial charge on any atom is -0.0722 e. The largest absolute Gasteiger partial charge is 0.0722 e. The minimum atomic E-state index is 0.383. The van der Waals surface area contributed by atoms with E-state index in [2.05, 4.69) is 41.2 Å². The Morgan fingerprint density at radius 1 is 0.917 bits per heavy atom. The van der Waals surface area contributed by atoms with Crippen molar-refractivity contribution in [2.75, 3.05) is 0 Å². The summed E-state index contributed by atoms with van der Waals surface area (Å²) in [6.07, 6.45) is 0. The Hall–Kier alpha value is -0.303. The summed E-state index contributed by atoms with van der Waals surface area (Å²) < 4.78 is 0. The highest BCUT2D eigenvalue weighted by Crippen LogP contribution is 2.51. The molecule has 0 spiro atoms. The van der Waals surface area contributed by atoms with Crippen LogP contribution >= 0.6 is 0 Å². The number of allylic oxidation sites excluding steroid dienone is 4. The molecule has 1 aliphatic carbocycles. The predicted octanol–water partition coefficient (Wildman–Crippen LogP) is 3.60.